The SMILES string of the molecule is Cc1cc(C)c2c(c1)cc(C)c1nnc(SCC(=O)Nc3ccc4c(c3)OCCO4)n12. The first-order valence-corrected chi connectivity index (χ1v) is 11.1. The quantitative estimate of drug-likeness (QED) is 0.482. The fraction of sp³-hybridized carbons (Fsp3) is 0.261. The predicted molar refractivity (Wildman–Crippen MR) is 121 cm³/mol. The molecule has 31 heavy (non-hydrogen) atoms. The molecule has 8 heteroatoms. The summed E-state index contributed by atoms with van der Waals surface area (Å²) in [6, 6.07) is 11.9. The van der Waals surface area contributed by atoms with Gasteiger partial charge in [-0.25, -0.2) is 0 Å². The number of nitrogens with one attached hydrogen (secondary N) is 1. The average Bonchev–Trinajstić information content (AvgIpc) is 3.16. The van der Waals surface area contributed by atoms with Crippen molar-refractivity contribution in [2.45, 2.75) is 25.9 Å². The first-order chi connectivity index (χ1) is 15.0. The van der Waals surface area contributed by atoms with Crippen molar-refractivity contribution in [3.8, 4) is 11.5 Å². The molecule has 1 aliphatic heterocycles. The van der Waals surface area contributed by atoms with Crippen molar-refractivity contribution < 1.29 is 14.3 Å². The van der Waals surface area contributed by atoms with Crippen LogP contribution < -0.4 is 14.8 Å². The topological polar surface area (TPSA) is 77.8 Å². The number of nitrogens with zero attached hydrogens (tertiary/aromatic N) is 3. The van der Waals surface area contributed by atoms with Gasteiger partial charge in [-0.2, -0.15) is 0 Å². The maximum Gasteiger partial charge on any atom is 0.234 e. The van der Waals surface area contributed by atoms with Crippen molar-refractivity contribution in [3.63, 3.8) is 0 Å². The van der Waals surface area contributed by atoms with Crippen LogP contribution in [0.4, 0.5) is 5.69 Å². The van der Waals surface area contributed by atoms with E-state index in [1.165, 1.54) is 17.3 Å². The van der Waals surface area contributed by atoms with Gasteiger partial charge >= 0.3 is 0 Å². The molecular formula is C23H22N4O3S. The third kappa shape index (κ3) is 3.67. The van der Waals surface area contributed by atoms with Gasteiger partial charge in [0.05, 0.1) is 11.3 Å². The molecule has 0 fully saturated rings. The first-order valence-electron chi connectivity index (χ1n) is 10.1. The normalized spacial score (nSPS) is 13.0. The number of ether oxygens (including phenoxy) is 2. The number of hydrogen-bond acceptors (Lipinski definition) is 6. The van der Waals surface area contributed by atoms with E-state index in [1.54, 1.807) is 6.07 Å². The largest absolute Gasteiger partial charge is 0.486 e. The number of pyridine rings is 1. The molecular weight excluding hydrogens is 412 g/mol. The zero-order chi connectivity index (χ0) is 21.5. The molecule has 4 aromatic rings. The molecule has 0 spiro atoms. The smallest absolute Gasteiger partial charge is 0.234 e. The second-order valence-electron chi connectivity index (χ2n) is 7.68. The lowest BCUT2D eigenvalue weighted by molar-refractivity contribution is -0.113. The highest BCUT2D eigenvalue weighted by atomic mass is 32.2. The Morgan fingerprint density at radius 2 is 1.84 bits per heavy atom. The van der Waals surface area contributed by atoms with Crippen molar-refractivity contribution in [1.82, 2.24) is 14.6 Å². The Kier molecular flexibility index (Phi) is 4.94. The summed E-state index contributed by atoms with van der Waals surface area (Å²) in [4.78, 5) is 12.6. The van der Waals surface area contributed by atoms with Crippen molar-refractivity contribution in [2.24, 2.45) is 0 Å². The van der Waals surface area contributed by atoms with Crippen LogP contribution in [-0.4, -0.2) is 39.5 Å². The lowest BCUT2D eigenvalue weighted by Crippen LogP contribution is -2.17. The highest BCUT2D eigenvalue weighted by Crippen LogP contribution is 2.33. The predicted octanol–water partition coefficient (Wildman–Crippen LogP) is 4.31. The van der Waals surface area contributed by atoms with Gasteiger partial charge in [-0.3, -0.25) is 9.20 Å². The zero-order valence-corrected chi connectivity index (χ0v) is 18.4. The second-order valence-corrected chi connectivity index (χ2v) is 8.63. The number of hydrogen-bond donors (Lipinski definition) is 1. The fourth-order valence-electron chi connectivity index (χ4n) is 3.97. The maximum absolute atomic E-state index is 12.6. The molecule has 1 amide bonds. The van der Waals surface area contributed by atoms with Crippen LogP contribution >= 0.6 is 11.8 Å². The van der Waals surface area contributed by atoms with Crippen LogP contribution in [-0.2, 0) is 4.79 Å². The van der Waals surface area contributed by atoms with E-state index in [4.69, 9.17) is 9.47 Å². The number of carbonyl (C=O) groups excluding carboxylic acids is 1. The molecule has 1 aliphatic rings. The van der Waals surface area contributed by atoms with Crippen LogP contribution in [0.25, 0.3) is 16.6 Å². The lowest BCUT2D eigenvalue weighted by atomic mass is 10.1. The van der Waals surface area contributed by atoms with E-state index < -0.39 is 0 Å². The molecule has 3 heterocycles. The minimum Gasteiger partial charge on any atom is -0.486 e. The minimum absolute atomic E-state index is 0.122. The first kappa shape index (κ1) is 19.7. The van der Waals surface area contributed by atoms with Crippen LogP contribution in [0.1, 0.15) is 16.7 Å². The molecule has 5 rings (SSSR count). The van der Waals surface area contributed by atoms with Crippen molar-refractivity contribution in [3.05, 3.63) is 53.1 Å². The Morgan fingerprint density at radius 1 is 1.03 bits per heavy atom. The Hall–Kier alpha value is -3.26. The van der Waals surface area contributed by atoms with Gasteiger partial charge in [0.1, 0.15) is 13.2 Å². The summed E-state index contributed by atoms with van der Waals surface area (Å²) in [7, 11) is 0. The molecule has 0 bridgehead atoms. The van der Waals surface area contributed by atoms with Crippen molar-refractivity contribution >= 4 is 39.9 Å². The average molecular weight is 435 g/mol. The summed E-state index contributed by atoms with van der Waals surface area (Å²) < 4.78 is 13.2. The second kappa shape index (κ2) is 7.77. The van der Waals surface area contributed by atoms with Crippen molar-refractivity contribution in [2.75, 3.05) is 24.3 Å². The van der Waals surface area contributed by atoms with Gasteiger partial charge in [0, 0.05) is 11.8 Å². The van der Waals surface area contributed by atoms with Crippen LogP contribution in [0.2, 0.25) is 0 Å². The van der Waals surface area contributed by atoms with Crippen molar-refractivity contribution in [1.29, 1.82) is 0 Å². The molecule has 0 aliphatic carbocycles. The van der Waals surface area contributed by atoms with Crippen LogP contribution in [0.15, 0.2) is 41.6 Å². The molecule has 2 aromatic carbocycles. The summed E-state index contributed by atoms with van der Waals surface area (Å²) >= 11 is 1.37. The Balaban J connectivity index is 1.39. The molecule has 0 saturated carbocycles. The van der Waals surface area contributed by atoms with Gasteiger partial charge in [-0.05, 0) is 61.5 Å². The van der Waals surface area contributed by atoms with E-state index in [-0.39, 0.29) is 11.7 Å². The number of carbonyl (C=O) groups is 1. The monoisotopic (exact) mass is 434 g/mol. The number of benzene rings is 2. The summed E-state index contributed by atoms with van der Waals surface area (Å²) in [5, 5.41) is 13.5. The van der Waals surface area contributed by atoms with Gasteiger partial charge in [0.2, 0.25) is 5.91 Å². The lowest BCUT2D eigenvalue weighted by Gasteiger charge is -2.19. The van der Waals surface area contributed by atoms with E-state index in [2.05, 4.69) is 52.0 Å². The van der Waals surface area contributed by atoms with Gasteiger partial charge in [-0.1, -0.05) is 23.4 Å². The Bertz CT molecular complexity index is 1330. The van der Waals surface area contributed by atoms with E-state index in [0.717, 1.165) is 27.7 Å². The van der Waals surface area contributed by atoms with E-state index >= 15 is 0 Å². The zero-order valence-electron chi connectivity index (χ0n) is 17.6. The Labute approximate surface area is 183 Å². The number of anilines is 1. The van der Waals surface area contributed by atoms with E-state index in [0.29, 0.717) is 35.6 Å². The number of rotatable bonds is 4. The number of aryl methyl sites for hydroxylation is 3. The standard InChI is InChI=1S/C23H22N4O3S/c1-13-8-14(2)21-16(9-13)10-15(3)22-25-26-23(27(21)22)31-12-20(28)24-17-4-5-18-19(11-17)30-7-6-29-18/h4-5,8-11H,6-7,12H2,1-3H3,(H,24,28). The molecule has 0 radical (unpaired) electrons. The van der Waals surface area contributed by atoms with E-state index in [1.807, 2.05) is 19.1 Å². The van der Waals surface area contributed by atoms with Crippen LogP contribution in [0.3, 0.4) is 0 Å². The molecule has 2 aromatic heterocycles. The van der Waals surface area contributed by atoms with Gasteiger partial charge in [0.15, 0.2) is 22.3 Å². The third-order valence-corrected chi connectivity index (χ3v) is 6.14. The molecule has 0 unspecified atom stereocenters. The summed E-state index contributed by atoms with van der Waals surface area (Å²) in [6.07, 6.45) is 0. The number of fused-ring (bicyclic) bond motifs is 4. The van der Waals surface area contributed by atoms with Crippen LogP contribution in [0, 0.1) is 20.8 Å². The van der Waals surface area contributed by atoms with Gasteiger partial charge < -0.3 is 14.8 Å². The van der Waals surface area contributed by atoms with E-state index in [9.17, 15) is 4.79 Å². The highest BCUT2D eigenvalue weighted by molar-refractivity contribution is 7.99. The molecule has 0 saturated heterocycles. The molecule has 7 nitrogen and oxygen atoms in total. The molecule has 158 valence electrons. The number of thioether (sulfide) groups is 1. The molecule has 0 atom stereocenters. The summed E-state index contributed by atoms with van der Waals surface area (Å²) in [6.45, 7) is 7.26. The van der Waals surface area contributed by atoms with Gasteiger partial charge in [0.25, 0.3) is 0 Å². The fourth-order valence-corrected chi connectivity index (χ4v) is 4.71. The highest BCUT2D eigenvalue weighted by Gasteiger charge is 2.16. The molecule has 1 N–H and O–H groups in total. The van der Waals surface area contributed by atoms with Gasteiger partial charge in [-0.15, -0.1) is 10.2 Å². The number of amides is 1. The minimum atomic E-state index is -0.122. The van der Waals surface area contributed by atoms with Crippen LogP contribution in [0.5, 0.6) is 11.5 Å². The maximum atomic E-state index is 12.6. The third-order valence-electron chi connectivity index (χ3n) is 5.21. The summed E-state index contributed by atoms with van der Waals surface area (Å²) in [5.74, 6) is 1.44. The summed E-state index contributed by atoms with van der Waals surface area (Å²) in [5.41, 5.74) is 5.98. The number of aromatic nitrogens is 3. The Morgan fingerprint density at radius 3 is 2.68 bits per heavy atom.